The van der Waals surface area contributed by atoms with Gasteiger partial charge in [0.25, 0.3) is 10.1 Å². The Bertz CT molecular complexity index is 164. The second kappa shape index (κ2) is 5.51. The summed E-state index contributed by atoms with van der Waals surface area (Å²) in [6, 6.07) is 0. The summed E-state index contributed by atoms with van der Waals surface area (Å²) in [4.78, 5) is 0. The van der Waals surface area contributed by atoms with Crippen molar-refractivity contribution in [2.75, 3.05) is 12.4 Å². The van der Waals surface area contributed by atoms with E-state index in [1.807, 2.05) is 0 Å². The molecule has 0 rings (SSSR count). The van der Waals surface area contributed by atoms with Gasteiger partial charge in [0.2, 0.25) is 0 Å². The molecule has 56 valence electrons. The maximum atomic E-state index is 10.0. The minimum atomic E-state index is -3.90. The number of aliphatic hydroxyl groups excluding tert-OH is 1. The fourth-order valence-corrected chi connectivity index (χ4v) is 1.24. The molecular weight excluding hydrogens is 167 g/mol. The minimum Gasteiger partial charge on any atom is -0.396 e. The SMILES string of the molecule is CC(CO)CS(=O)(=O)O.[Na+]. The van der Waals surface area contributed by atoms with Crippen LogP contribution in [0.5, 0.6) is 0 Å². The van der Waals surface area contributed by atoms with Crippen LogP contribution >= 0.6 is 0 Å². The predicted octanol–water partition coefficient (Wildman–Crippen LogP) is -3.49. The van der Waals surface area contributed by atoms with Crippen LogP contribution in [0.4, 0.5) is 0 Å². The molecule has 0 aliphatic rings. The van der Waals surface area contributed by atoms with Crippen LogP contribution in [-0.4, -0.2) is 30.4 Å². The molecule has 1 atom stereocenters. The molecule has 0 aromatic rings. The Kier molecular flexibility index (Phi) is 7.42. The minimum absolute atomic E-state index is 0. The van der Waals surface area contributed by atoms with E-state index in [4.69, 9.17) is 9.66 Å². The number of aliphatic hydroxyl groups is 1. The molecule has 0 heterocycles. The van der Waals surface area contributed by atoms with Crippen molar-refractivity contribution in [1.29, 1.82) is 0 Å². The van der Waals surface area contributed by atoms with Crippen LogP contribution in [0.2, 0.25) is 0 Å². The largest absolute Gasteiger partial charge is 1.00 e. The molecule has 2 N–H and O–H groups in total. The summed E-state index contributed by atoms with van der Waals surface area (Å²) < 4.78 is 28.3. The third kappa shape index (κ3) is 8.87. The smallest absolute Gasteiger partial charge is 0.396 e. The first-order chi connectivity index (χ1) is 3.95. The Morgan fingerprint density at radius 1 is 1.50 bits per heavy atom. The molecule has 0 aliphatic heterocycles. The average molecular weight is 177 g/mol. The van der Waals surface area contributed by atoms with E-state index in [1.54, 1.807) is 0 Å². The van der Waals surface area contributed by atoms with Crippen molar-refractivity contribution >= 4 is 10.1 Å². The molecular formula is C4H10NaO4S+. The van der Waals surface area contributed by atoms with Gasteiger partial charge in [-0.05, 0) is 5.92 Å². The Balaban J connectivity index is 0. The number of hydrogen-bond donors (Lipinski definition) is 2. The summed E-state index contributed by atoms with van der Waals surface area (Å²) in [6.45, 7) is 1.31. The van der Waals surface area contributed by atoms with E-state index < -0.39 is 10.1 Å². The van der Waals surface area contributed by atoms with Gasteiger partial charge in [0.05, 0.1) is 5.75 Å². The predicted molar refractivity (Wildman–Crippen MR) is 32.7 cm³/mol. The van der Waals surface area contributed by atoms with Crippen LogP contribution < -0.4 is 29.6 Å². The Hall–Kier alpha value is 0.870. The number of hydrogen-bond acceptors (Lipinski definition) is 3. The molecule has 4 nitrogen and oxygen atoms in total. The van der Waals surface area contributed by atoms with Crippen molar-refractivity contribution in [3.05, 3.63) is 0 Å². The van der Waals surface area contributed by atoms with Gasteiger partial charge in [-0.1, -0.05) is 6.92 Å². The third-order valence-electron chi connectivity index (χ3n) is 0.807. The van der Waals surface area contributed by atoms with Crippen LogP contribution in [0.3, 0.4) is 0 Å². The second-order valence-electron chi connectivity index (χ2n) is 2.04. The summed E-state index contributed by atoms with van der Waals surface area (Å²) in [5, 5.41) is 8.32. The summed E-state index contributed by atoms with van der Waals surface area (Å²) in [6.07, 6.45) is 0. The summed E-state index contributed by atoms with van der Waals surface area (Å²) >= 11 is 0. The van der Waals surface area contributed by atoms with Crippen molar-refractivity contribution in [2.45, 2.75) is 6.92 Å². The van der Waals surface area contributed by atoms with Gasteiger partial charge in [0.15, 0.2) is 0 Å². The zero-order valence-electron chi connectivity index (χ0n) is 6.11. The summed E-state index contributed by atoms with van der Waals surface area (Å²) in [5.41, 5.74) is 0. The quantitative estimate of drug-likeness (QED) is 0.346. The maximum absolute atomic E-state index is 10.0. The molecule has 0 aliphatic carbocycles. The van der Waals surface area contributed by atoms with Crippen molar-refractivity contribution in [1.82, 2.24) is 0 Å². The van der Waals surface area contributed by atoms with Gasteiger partial charge in [-0.15, -0.1) is 0 Å². The van der Waals surface area contributed by atoms with Gasteiger partial charge < -0.3 is 5.11 Å². The van der Waals surface area contributed by atoms with Gasteiger partial charge in [-0.3, -0.25) is 4.55 Å². The van der Waals surface area contributed by atoms with E-state index in [-0.39, 0.29) is 47.8 Å². The van der Waals surface area contributed by atoms with E-state index in [9.17, 15) is 8.42 Å². The van der Waals surface area contributed by atoms with Crippen LogP contribution in [0, 0.1) is 5.92 Å². The molecule has 1 unspecified atom stereocenters. The molecule has 0 spiro atoms. The van der Waals surface area contributed by atoms with Crippen LogP contribution in [-0.2, 0) is 10.1 Å². The molecule has 0 radical (unpaired) electrons. The first kappa shape index (κ1) is 13.5. The molecule has 0 amide bonds. The Labute approximate surface area is 82.7 Å². The summed E-state index contributed by atoms with van der Waals surface area (Å²) in [5.74, 6) is -0.760. The van der Waals surface area contributed by atoms with Crippen LogP contribution in [0.15, 0.2) is 0 Å². The summed E-state index contributed by atoms with van der Waals surface area (Å²) in [7, 11) is -3.90. The Morgan fingerprint density at radius 3 is 2.00 bits per heavy atom. The van der Waals surface area contributed by atoms with Crippen molar-refractivity contribution in [2.24, 2.45) is 5.92 Å². The fraction of sp³-hybridized carbons (Fsp3) is 1.00. The van der Waals surface area contributed by atoms with Gasteiger partial charge in [0, 0.05) is 6.61 Å². The topological polar surface area (TPSA) is 74.6 Å². The first-order valence-electron chi connectivity index (χ1n) is 2.51. The van der Waals surface area contributed by atoms with E-state index in [0.29, 0.717) is 0 Å². The maximum Gasteiger partial charge on any atom is 1.00 e. The zero-order valence-corrected chi connectivity index (χ0v) is 8.93. The van der Waals surface area contributed by atoms with Crippen molar-refractivity contribution in [3.8, 4) is 0 Å². The van der Waals surface area contributed by atoms with Gasteiger partial charge in [-0.25, -0.2) is 0 Å². The van der Waals surface area contributed by atoms with Crippen molar-refractivity contribution in [3.63, 3.8) is 0 Å². The standard InChI is InChI=1S/C4H10O4S.Na/c1-4(2-5)3-9(6,7)8;/h4-5H,2-3H2,1H3,(H,6,7,8);/q;+1. The van der Waals surface area contributed by atoms with E-state index in [1.165, 1.54) is 6.92 Å². The molecule has 0 aromatic carbocycles. The van der Waals surface area contributed by atoms with Crippen molar-refractivity contribution < 1.29 is 47.6 Å². The molecule has 10 heavy (non-hydrogen) atoms. The zero-order chi connectivity index (χ0) is 7.49. The molecule has 0 fully saturated rings. The molecule has 0 bridgehead atoms. The molecule has 0 saturated carbocycles. The van der Waals surface area contributed by atoms with E-state index in [0.717, 1.165) is 0 Å². The molecule has 6 heteroatoms. The van der Waals surface area contributed by atoms with Crippen LogP contribution in [0.25, 0.3) is 0 Å². The second-order valence-corrected chi connectivity index (χ2v) is 3.53. The van der Waals surface area contributed by atoms with Crippen LogP contribution in [0.1, 0.15) is 6.92 Å². The Morgan fingerprint density at radius 2 is 1.90 bits per heavy atom. The fourth-order valence-electron chi connectivity index (χ4n) is 0.412. The molecule has 0 aromatic heterocycles. The third-order valence-corrected chi connectivity index (χ3v) is 1.80. The van der Waals surface area contributed by atoms with Gasteiger partial charge in [0.1, 0.15) is 0 Å². The number of rotatable bonds is 3. The van der Waals surface area contributed by atoms with Gasteiger partial charge in [-0.2, -0.15) is 8.42 Å². The normalized spacial score (nSPS) is 13.9. The van der Waals surface area contributed by atoms with E-state index >= 15 is 0 Å². The van der Waals surface area contributed by atoms with E-state index in [2.05, 4.69) is 0 Å². The first-order valence-corrected chi connectivity index (χ1v) is 4.12. The monoisotopic (exact) mass is 177 g/mol. The van der Waals surface area contributed by atoms with Gasteiger partial charge >= 0.3 is 29.6 Å². The molecule has 0 saturated heterocycles. The average Bonchev–Trinajstić information content (AvgIpc) is 1.62.